The second-order valence-corrected chi connectivity index (χ2v) is 5.49. The van der Waals surface area contributed by atoms with Gasteiger partial charge < -0.3 is 14.6 Å². The van der Waals surface area contributed by atoms with Crippen molar-refractivity contribution in [3.05, 3.63) is 23.5 Å². The van der Waals surface area contributed by atoms with Crippen molar-refractivity contribution >= 4 is 5.97 Å². The van der Waals surface area contributed by atoms with E-state index in [1.807, 2.05) is 6.07 Å². The second kappa shape index (κ2) is 5.79. The summed E-state index contributed by atoms with van der Waals surface area (Å²) in [5.74, 6) is -0.151. The highest BCUT2D eigenvalue weighted by molar-refractivity contribution is 5.88. The van der Waals surface area contributed by atoms with E-state index in [1.54, 1.807) is 6.20 Å². The average molecular weight is 277 g/mol. The summed E-state index contributed by atoms with van der Waals surface area (Å²) in [6, 6.07) is 1.83. The van der Waals surface area contributed by atoms with Gasteiger partial charge in [0.2, 0.25) is 0 Å². The zero-order valence-corrected chi connectivity index (χ0v) is 11.4. The summed E-state index contributed by atoms with van der Waals surface area (Å²) in [5, 5.41) is 9.17. The molecule has 1 aliphatic carbocycles. The molecule has 2 aliphatic rings. The number of pyridine rings is 1. The van der Waals surface area contributed by atoms with Gasteiger partial charge in [-0.3, -0.25) is 0 Å². The van der Waals surface area contributed by atoms with E-state index < -0.39 is 5.97 Å². The van der Waals surface area contributed by atoms with Crippen molar-refractivity contribution in [1.82, 2.24) is 4.98 Å². The zero-order valence-electron chi connectivity index (χ0n) is 11.4. The summed E-state index contributed by atoms with van der Waals surface area (Å²) in [6.45, 7) is 1.16. The quantitative estimate of drug-likeness (QED) is 0.896. The van der Waals surface area contributed by atoms with Crippen LogP contribution in [-0.4, -0.2) is 35.4 Å². The van der Waals surface area contributed by atoms with Gasteiger partial charge in [0.15, 0.2) is 11.4 Å². The zero-order chi connectivity index (χ0) is 13.9. The third-order valence-electron chi connectivity index (χ3n) is 3.82. The molecular formula is C15H19NO4. The number of carboxylic acids is 1. The lowest BCUT2D eigenvalue weighted by Crippen LogP contribution is -2.26. The third kappa shape index (κ3) is 3.10. The third-order valence-corrected chi connectivity index (χ3v) is 3.82. The Balaban J connectivity index is 1.71. The first kappa shape index (κ1) is 13.4. The number of ether oxygens (including phenoxy) is 2. The van der Waals surface area contributed by atoms with Crippen LogP contribution in [0.1, 0.15) is 54.1 Å². The lowest BCUT2D eigenvalue weighted by atomic mass is 10.1. The molecule has 1 aromatic heterocycles. The van der Waals surface area contributed by atoms with Gasteiger partial charge in [0.25, 0.3) is 0 Å². The van der Waals surface area contributed by atoms with Crippen molar-refractivity contribution < 1.29 is 19.4 Å². The van der Waals surface area contributed by atoms with Gasteiger partial charge in [-0.25, -0.2) is 9.78 Å². The van der Waals surface area contributed by atoms with E-state index in [9.17, 15) is 9.90 Å². The lowest BCUT2D eigenvalue weighted by molar-refractivity contribution is -0.0114. The molecule has 1 atom stereocenters. The van der Waals surface area contributed by atoms with Crippen molar-refractivity contribution in [3.63, 3.8) is 0 Å². The minimum Gasteiger partial charge on any atom is -0.488 e. The Morgan fingerprint density at radius 3 is 2.90 bits per heavy atom. The van der Waals surface area contributed by atoms with Crippen molar-refractivity contribution in [2.75, 3.05) is 13.2 Å². The maximum Gasteiger partial charge on any atom is 0.358 e. The van der Waals surface area contributed by atoms with E-state index >= 15 is 0 Å². The van der Waals surface area contributed by atoms with E-state index in [4.69, 9.17) is 9.47 Å². The summed E-state index contributed by atoms with van der Waals surface area (Å²) >= 11 is 0. The monoisotopic (exact) mass is 277 g/mol. The lowest BCUT2D eigenvalue weighted by Gasteiger charge is -2.23. The molecule has 2 heterocycles. The largest absolute Gasteiger partial charge is 0.488 e. The Bertz CT molecular complexity index is 493. The van der Waals surface area contributed by atoms with Crippen molar-refractivity contribution in [2.24, 2.45) is 0 Å². The van der Waals surface area contributed by atoms with E-state index in [0.717, 1.165) is 44.3 Å². The van der Waals surface area contributed by atoms with Crippen LogP contribution in [0.4, 0.5) is 0 Å². The summed E-state index contributed by atoms with van der Waals surface area (Å²) < 4.78 is 11.3. The van der Waals surface area contributed by atoms with Gasteiger partial charge in [-0.15, -0.1) is 0 Å². The minimum atomic E-state index is -1.05. The number of aromatic nitrogens is 1. The Morgan fingerprint density at radius 1 is 1.40 bits per heavy atom. The fourth-order valence-corrected chi connectivity index (χ4v) is 2.49. The van der Waals surface area contributed by atoms with Gasteiger partial charge in [0, 0.05) is 12.8 Å². The first-order valence-corrected chi connectivity index (χ1v) is 7.21. The molecule has 0 spiro atoms. The second-order valence-electron chi connectivity index (χ2n) is 5.49. The van der Waals surface area contributed by atoms with Crippen LogP contribution in [-0.2, 0) is 4.74 Å². The van der Waals surface area contributed by atoms with Crippen LogP contribution in [0.2, 0.25) is 0 Å². The van der Waals surface area contributed by atoms with E-state index in [2.05, 4.69) is 4.98 Å². The molecule has 0 aromatic carbocycles. The van der Waals surface area contributed by atoms with Crippen LogP contribution in [0, 0.1) is 0 Å². The first-order chi connectivity index (χ1) is 9.74. The molecule has 1 unspecified atom stereocenters. The summed E-state index contributed by atoms with van der Waals surface area (Å²) in [6.07, 6.45) is 7.23. The number of hydrogen-bond donors (Lipinski definition) is 1. The SMILES string of the molecule is O=C(O)c1ncc(C2CC2)cc1OCC1CCCCO1. The standard InChI is InChI=1S/C15H19NO4/c17-15(18)14-13(7-11(8-16-14)10-4-5-10)20-9-12-3-1-2-6-19-12/h7-8,10,12H,1-6,9H2,(H,17,18). The fraction of sp³-hybridized carbons (Fsp3) is 0.600. The Hall–Kier alpha value is -1.62. The van der Waals surface area contributed by atoms with E-state index in [1.165, 1.54) is 0 Å². The average Bonchev–Trinajstić information content (AvgIpc) is 3.30. The Morgan fingerprint density at radius 2 is 2.25 bits per heavy atom. The predicted octanol–water partition coefficient (Wildman–Crippen LogP) is 2.61. The summed E-state index contributed by atoms with van der Waals surface area (Å²) in [4.78, 5) is 15.2. The number of rotatable bonds is 5. The number of hydrogen-bond acceptors (Lipinski definition) is 4. The van der Waals surface area contributed by atoms with Crippen LogP contribution in [0.3, 0.4) is 0 Å². The number of aromatic carboxylic acids is 1. The normalized spacial score (nSPS) is 22.5. The molecule has 0 amide bonds. The van der Waals surface area contributed by atoms with Gasteiger partial charge in [-0.2, -0.15) is 0 Å². The van der Waals surface area contributed by atoms with Gasteiger partial charge in [0.05, 0.1) is 6.10 Å². The highest BCUT2D eigenvalue weighted by Crippen LogP contribution is 2.41. The topological polar surface area (TPSA) is 68.7 Å². The molecule has 0 radical (unpaired) electrons. The molecule has 5 nitrogen and oxygen atoms in total. The van der Waals surface area contributed by atoms with Crippen LogP contribution in [0.15, 0.2) is 12.3 Å². The molecule has 108 valence electrons. The summed E-state index contributed by atoms with van der Waals surface area (Å²) in [7, 11) is 0. The molecule has 1 aromatic rings. The van der Waals surface area contributed by atoms with Crippen molar-refractivity contribution in [3.8, 4) is 5.75 Å². The molecule has 0 bridgehead atoms. The van der Waals surface area contributed by atoms with Crippen LogP contribution in [0.25, 0.3) is 0 Å². The van der Waals surface area contributed by atoms with Gasteiger partial charge in [0.1, 0.15) is 6.61 Å². The molecular weight excluding hydrogens is 258 g/mol. The minimum absolute atomic E-state index is 0.00907. The van der Waals surface area contributed by atoms with Crippen molar-refractivity contribution in [1.29, 1.82) is 0 Å². The van der Waals surface area contributed by atoms with Gasteiger partial charge >= 0.3 is 5.97 Å². The highest BCUT2D eigenvalue weighted by Gasteiger charge is 2.26. The number of carboxylic acid groups (broad SMARTS) is 1. The molecule has 1 saturated heterocycles. The summed E-state index contributed by atoms with van der Waals surface area (Å²) in [5.41, 5.74) is 1.07. The fourth-order valence-electron chi connectivity index (χ4n) is 2.49. The molecule has 2 fully saturated rings. The molecule has 1 N–H and O–H groups in total. The Labute approximate surface area is 117 Å². The Kier molecular flexibility index (Phi) is 3.87. The van der Waals surface area contributed by atoms with Crippen LogP contribution >= 0.6 is 0 Å². The molecule has 20 heavy (non-hydrogen) atoms. The smallest absolute Gasteiger partial charge is 0.358 e. The number of nitrogens with zero attached hydrogens (tertiary/aromatic N) is 1. The first-order valence-electron chi connectivity index (χ1n) is 7.21. The molecule has 1 saturated carbocycles. The maximum atomic E-state index is 11.2. The van der Waals surface area contributed by atoms with E-state index in [-0.39, 0.29) is 11.8 Å². The molecule has 5 heteroatoms. The highest BCUT2D eigenvalue weighted by atomic mass is 16.5. The van der Waals surface area contributed by atoms with Crippen molar-refractivity contribution in [2.45, 2.75) is 44.1 Å². The maximum absolute atomic E-state index is 11.2. The van der Waals surface area contributed by atoms with Crippen LogP contribution < -0.4 is 4.74 Å². The molecule has 1 aliphatic heterocycles. The molecule has 3 rings (SSSR count). The van der Waals surface area contributed by atoms with Crippen LogP contribution in [0.5, 0.6) is 5.75 Å². The number of carbonyl (C=O) groups is 1. The van der Waals surface area contributed by atoms with E-state index in [0.29, 0.717) is 18.3 Å². The van der Waals surface area contributed by atoms with Gasteiger partial charge in [-0.1, -0.05) is 0 Å². The van der Waals surface area contributed by atoms with Gasteiger partial charge in [-0.05, 0) is 49.7 Å². The predicted molar refractivity (Wildman–Crippen MR) is 72.3 cm³/mol.